The van der Waals surface area contributed by atoms with Crippen LogP contribution < -0.4 is 0 Å². The summed E-state index contributed by atoms with van der Waals surface area (Å²) in [7, 11) is 0. The molecule has 0 aliphatic carbocycles. The molecular weight excluding hydrogens is 226 g/mol. The quantitative estimate of drug-likeness (QED) is 0.888. The maximum Gasteiger partial charge on any atom is 0.321 e. The van der Waals surface area contributed by atoms with Crippen LogP contribution in [0.1, 0.15) is 30.4 Å². The second-order valence-corrected chi connectivity index (χ2v) is 5.14. The van der Waals surface area contributed by atoms with Crippen LogP contribution in [0.15, 0.2) is 24.3 Å². The Morgan fingerprint density at radius 1 is 1.22 bits per heavy atom. The molecule has 0 radical (unpaired) electrons. The van der Waals surface area contributed by atoms with Gasteiger partial charge >= 0.3 is 5.97 Å². The van der Waals surface area contributed by atoms with Crippen LogP contribution in [0.3, 0.4) is 0 Å². The Hall–Kier alpha value is -1.35. The first kappa shape index (κ1) is 13.1. The highest BCUT2D eigenvalue weighted by atomic mass is 16.4. The minimum Gasteiger partial charge on any atom is -0.480 e. The Kier molecular flexibility index (Phi) is 4.37. The summed E-state index contributed by atoms with van der Waals surface area (Å²) in [6.45, 7) is 3.88. The Labute approximate surface area is 108 Å². The Balaban J connectivity index is 2.05. The van der Waals surface area contributed by atoms with Gasteiger partial charge in [-0.2, -0.15) is 0 Å². The molecule has 2 rings (SSSR count). The smallest absolute Gasteiger partial charge is 0.321 e. The van der Waals surface area contributed by atoms with Crippen LogP contribution in [0, 0.1) is 6.92 Å². The highest BCUT2D eigenvalue weighted by molar-refractivity contribution is 5.74. The zero-order valence-electron chi connectivity index (χ0n) is 10.9. The van der Waals surface area contributed by atoms with Crippen LogP contribution >= 0.6 is 0 Å². The number of rotatable bonds is 4. The predicted octanol–water partition coefficient (Wildman–Crippen LogP) is 2.48. The van der Waals surface area contributed by atoms with Gasteiger partial charge in [-0.25, -0.2) is 0 Å². The third-order valence-electron chi connectivity index (χ3n) is 3.67. The topological polar surface area (TPSA) is 40.5 Å². The summed E-state index contributed by atoms with van der Waals surface area (Å²) in [4.78, 5) is 13.5. The van der Waals surface area contributed by atoms with E-state index in [4.69, 9.17) is 0 Å². The van der Waals surface area contributed by atoms with Crippen molar-refractivity contribution in [2.45, 2.75) is 38.6 Å². The molecule has 0 saturated carbocycles. The van der Waals surface area contributed by atoms with Crippen molar-refractivity contribution in [2.75, 3.05) is 13.1 Å². The van der Waals surface area contributed by atoms with Crippen molar-refractivity contribution >= 4 is 5.97 Å². The van der Waals surface area contributed by atoms with E-state index >= 15 is 0 Å². The maximum absolute atomic E-state index is 11.4. The molecule has 3 heteroatoms. The van der Waals surface area contributed by atoms with Crippen LogP contribution in [0.4, 0.5) is 0 Å². The third kappa shape index (κ3) is 3.33. The van der Waals surface area contributed by atoms with Crippen LogP contribution in [0.5, 0.6) is 0 Å². The number of carboxylic acid groups (broad SMARTS) is 1. The van der Waals surface area contributed by atoms with Crippen molar-refractivity contribution in [3.8, 4) is 0 Å². The van der Waals surface area contributed by atoms with Crippen LogP contribution in [-0.4, -0.2) is 35.1 Å². The molecule has 1 aliphatic rings. The van der Waals surface area contributed by atoms with E-state index in [0.717, 1.165) is 31.5 Å². The highest BCUT2D eigenvalue weighted by Crippen LogP contribution is 2.16. The molecule has 1 N–H and O–H groups in total. The molecule has 0 bridgehead atoms. The summed E-state index contributed by atoms with van der Waals surface area (Å²) in [6.07, 6.45) is 4.08. The fraction of sp³-hybridized carbons (Fsp3) is 0.533. The summed E-state index contributed by atoms with van der Waals surface area (Å²) >= 11 is 0. The van der Waals surface area contributed by atoms with Gasteiger partial charge in [-0.15, -0.1) is 0 Å². The number of benzene rings is 1. The van der Waals surface area contributed by atoms with Crippen molar-refractivity contribution in [2.24, 2.45) is 0 Å². The summed E-state index contributed by atoms with van der Waals surface area (Å²) in [5.74, 6) is -0.697. The third-order valence-corrected chi connectivity index (χ3v) is 3.67. The van der Waals surface area contributed by atoms with E-state index in [2.05, 4.69) is 4.90 Å². The molecule has 0 spiro atoms. The lowest BCUT2D eigenvalue weighted by Gasteiger charge is -2.32. The first-order chi connectivity index (χ1) is 8.66. The Morgan fingerprint density at radius 2 is 1.83 bits per heavy atom. The van der Waals surface area contributed by atoms with Gasteiger partial charge in [0.1, 0.15) is 6.04 Å². The van der Waals surface area contributed by atoms with E-state index in [0.29, 0.717) is 6.42 Å². The van der Waals surface area contributed by atoms with Crippen LogP contribution in [0.2, 0.25) is 0 Å². The van der Waals surface area contributed by atoms with Gasteiger partial charge in [0.05, 0.1) is 0 Å². The van der Waals surface area contributed by atoms with Gasteiger partial charge in [-0.1, -0.05) is 36.2 Å². The molecule has 1 fully saturated rings. The van der Waals surface area contributed by atoms with Crippen molar-refractivity contribution < 1.29 is 9.90 Å². The molecule has 1 aliphatic heterocycles. The van der Waals surface area contributed by atoms with Crippen molar-refractivity contribution in [1.29, 1.82) is 0 Å². The molecule has 0 amide bonds. The van der Waals surface area contributed by atoms with Gasteiger partial charge in [0.2, 0.25) is 0 Å². The summed E-state index contributed by atoms with van der Waals surface area (Å²) in [5.41, 5.74) is 2.32. The number of aliphatic carboxylic acids is 1. The zero-order valence-corrected chi connectivity index (χ0v) is 10.9. The monoisotopic (exact) mass is 247 g/mol. The van der Waals surface area contributed by atoms with Gasteiger partial charge in [0.25, 0.3) is 0 Å². The lowest BCUT2D eigenvalue weighted by atomic mass is 10.0. The highest BCUT2D eigenvalue weighted by Gasteiger charge is 2.26. The molecule has 1 heterocycles. The molecule has 1 saturated heterocycles. The van der Waals surface area contributed by atoms with Crippen LogP contribution in [-0.2, 0) is 11.2 Å². The largest absolute Gasteiger partial charge is 0.480 e. The van der Waals surface area contributed by atoms with Gasteiger partial charge in [-0.3, -0.25) is 9.69 Å². The SMILES string of the molecule is Cc1ccc(CC(C(=O)O)N2CCCCC2)cc1. The molecule has 0 aromatic heterocycles. The molecule has 1 aromatic rings. The first-order valence-electron chi connectivity index (χ1n) is 6.69. The fourth-order valence-corrected chi connectivity index (χ4v) is 2.55. The zero-order chi connectivity index (χ0) is 13.0. The van der Waals surface area contributed by atoms with Gasteiger partial charge in [0.15, 0.2) is 0 Å². The number of hydrogen-bond donors (Lipinski definition) is 1. The standard InChI is InChI=1S/C15H21NO2/c1-12-5-7-13(8-6-12)11-14(15(17)18)16-9-3-2-4-10-16/h5-8,14H,2-4,9-11H2,1H3,(H,17,18). The minimum absolute atomic E-state index is 0.368. The number of likely N-dealkylation sites (tertiary alicyclic amines) is 1. The van der Waals surface area contributed by atoms with Crippen molar-refractivity contribution in [3.05, 3.63) is 35.4 Å². The fourth-order valence-electron chi connectivity index (χ4n) is 2.55. The van der Waals surface area contributed by atoms with E-state index in [1.807, 2.05) is 31.2 Å². The van der Waals surface area contributed by atoms with Crippen molar-refractivity contribution in [1.82, 2.24) is 4.90 Å². The summed E-state index contributed by atoms with van der Waals surface area (Å²) < 4.78 is 0. The second kappa shape index (κ2) is 6.01. The molecule has 1 atom stereocenters. The molecular formula is C15H21NO2. The van der Waals surface area contributed by atoms with E-state index in [-0.39, 0.29) is 6.04 Å². The van der Waals surface area contributed by atoms with Gasteiger partial charge < -0.3 is 5.11 Å². The minimum atomic E-state index is -0.697. The van der Waals surface area contributed by atoms with E-state index in [1.54, 1.807) is 0 Å². The summed E-state index contributed by atoms with van der Waals surface area (Å²) in [6, 6.07) is 7.80. The molecule has 3 nitrogen and oxygen atoms in total. The molecule has 98 valence electrons. The number of nitrogens with zero attached hydrogens (tertiary/aromatic N) is 1. The van der Waals surface area contributed by atoms with Gasteiger partial charge in [-0.05, 0) is 44.8 Å². The average molecular weight is 247 g/mol. The normalized spacial score (nSPS) is 18.5. The number of carbonyl (C=O) groups is 1. The lowest BCUT2D eigenvalue weighted by Crippen LogP contribution is -2.45. The number of piperidine rings is 1. The molecule has 1 unspecified atom stereocenters. The van der Waals surface area contributed by atoms with Crippen LogP contribution in [0.25, 0.3) is 0 Å². The number of aryl methyl sites for hydroxylation is 1. The maximum atomic E-state index is 11.4. The first-order valence-corrected chi connectivity index (χ1v) is 6.69. The number of hydrogen-bond acceptors (Lipinski definition) is 2. The second-order valence-electron chi connectivity index (χ2n) is 5.14. The average Bonchev–Trinajstić information content (AvgIpc) is 2.38. The lowest BCUT2D eigenvalue weighted by molar-refractivity contribution is -0.143. The Morgan fingerprint density at radius 3 is 2.39 bits per heavy atom. The van der Waals surface area contributed by atoms with E-state index in [1.165, 1.54) is 12.0 Å². The van der Waals surface area contributed by atoms with E-state index in [9.17, 15) is 9.90 Å². The summed E-state index contributed by atoms with van der Waals surface area (Å²) in [5, 5.41) is 9.40. The predicted molar refractivity (Wildman–Crippen MR) is 71.7 cm³/mol. The van der Waals surface area contributed by atoms with Gasteiger partial charge in [0, 0.05) is 0 Å². The van der Waals surface area contributed by atoms with Crippen molar-refractivity contribution in [3.63, 3.8) is 0 Å². The number of carboxylic acids is 1. The van der Waals surface area contributed by atoms with E-state index < -0.39 is 5.97 Å². The molecule has 1 aromatic carbocycles. The Bertz CT molecular complexity index is 393. The molecule has 18 heavy (non-hydrogen) atoms.